The minimum atomic E-state index is 0.357. The van der Waals surface area contributed by atoms with E-state index in [0.29, 0.717) is 17.1 Å². The topological polar surface area (TPSA) is 84.0 Å². The maximum absolute atomic E-state index is 7.44. The molecule has 0 spiro atoms. The quantitative estimate of drug-likeness (QED) is 0.558. The van der Waals surface area contributed by atoms with Gasteiger partial charge in [-0.2, -0.15) is 0 Å². The predicted octanol–water partition coefficient (Wildman–Crippen LogP) is 5.22. The number of para-hydroxylation sites is 1. The molecule has 0 bridgehead atoms. The molecule has 3 aromatic rings. The number of pyridine rings is 1. The van der Waals surface area contributed by atoms with Crippen LogP contribution in [0.25, 0.3) is 0 Å². The molecule has 0 unspecified atom stereocenters. The van der Waals surface area contributed by atoms with Crippen molar-refractivity contribution in [2.75, 3.05) is 11.1 Å². The van der Waals surface area contributed by atoms with Crippen LogP contribution in [0.2, 0.25) is 0 Å². The van der Waals surface area contributed by atoms with Crippen molar-refractivity contribution in [1.29, 1.82) is 5.41 Å². The predicted molar refractivity (Wildman–Crippen MR) is 104 cm³/mol. The Morgan fingerprint density at radius 2 is 1.60 bits per heavy atom. The number of ether oxygens (including phenoxy) is 1. The van der Waals surface area contributed by atoms with Crippen molar-refractivity contribution in [2.24, 2.45) is 0 Å². The molecule has 128 valence electrons. The van der Waals surface area contributed by atoms with Gasteiger partial charge in [0.15, 0.2) is 0 Å². The molecule has 0 atom stereocenters. The van der Waals surface area contributed by atoms with Gasteiger partial charge in [-0.1, -0.05) is 32.0 Å². The van der Waals surface area contributed by atoms with Gasteiger partial charge in [-0.25, -0.2) is 4.98 Å². The van der Waals surface area contributed by atoms with Gasteiger partial charge in [-0.15, -0.1) is 0 Å². The molecule has 0 aliphatic heterocycles. The summed E-state index contributed by atoms with van der Waals surface area (Å²) < 4.78 is 5.75. The van der Waals surface area contributed by atoms with Gasteiger partial charge in [0.25, 0.3) is 0 Å². The van der Waals surface area contributed by atoms with Crippen molar-refractivity contribution >= 4 is 23.4 Å². The maximum atomic E-state index is 7.44. The molecule has 0 aliphatic rings. The van der Waals surface area contributed by atoms with Gasteiger partial charge in [0.05, 0.1) is 5.69 Å². The number of aromatic nitrogens is 1. The summed E-state index contributed by atoms with van der Waals surface area (Å²) in [5.74, 6) is 1.89. The highest BCUT2D eigenvalue weighted by Crippen LogP contribution is 2.27. The highest BCUT2D eigenvalue weighted by molar-refractivity contribution is 5.91. The first-order chi connectivity index (χ1) is 12.3. The highest BCUT2D eigenvalue weighted by atomic mass is 16.5. The molecule has 0 radical (unpaired) electrons. The van der Waals surface area contributed by atoms with Crippen molar-refractivity contribution in [3.05, 3.63) is 72.4 Å². The lowest BCUT2D eigenvalue weighted by Gasteiger charge is -2.12. The van der Waals surface area contributed by atoms with Crippen LogP contribution < -0.4 is 15.8 Å². The zero-order valence-corrected chi connectivity index (χ0v) is 14.4. The van der Waals surface area contributed by atoms with Gasteiger partial charge in [-0.3, -0.25) is 0 Å². The van der Waals surface area contributed by atoms with Gasteiger partial charge in [-0.05, 0) is 42.5 Å². The van der Waals surface area contributed by atoms with Gasteiger partial charge in [0.2, 0.25) is 0 Å². The number of nitrogens with one attached hydrogen (secondary N) is 2. The molecule has 4 N–H and O–H groups in total. The summed E-state index contributed by atoms with van der Waals surface area (Å²) in [4.78, 5) is 4.04. The van der Waals surface area contributed by atoms with E-state index >= 15 is 0 Å². The minimum Gasteiger partial charge on any atom is -0.457 e. The normalized spacial score (nSPS) is 9.52. The van der Waals surface area contributed by atoms with Gasteiger partial charge in [0.1, 0.15) is 17.3 Å². The molecule has 2 aromatic carbocycles. The summed E-state index contributed by atoms with van der Waals surface area (Å²) in [5, 5.41) is 10.6. The Morgan fingerprint density at radius 3 is 2.24 bits per heavy atom. The molecular formula is C20H22N4O. The number of hydrogen-bond donors (Lipinski definition) is 3. The van der Waals surface area contributed by atoms with E-state index in [1.54, 1.807) is 12.3 Å². The summed E-state index contributed by atoms with van der Waals surface area (Å²) in [6, 6.07) is 18.8. The molecule has 25 heavy (non-hydrogen) atoms. The number of anilines is 3. The summed E-state index contributed by atoms with van der Waals surface area (Å²) in [5.41, 5.74) is 8.02. The number of hydrogen-bond acceptors (Lipinski definition) is 5. The minimum absolute atomic E-state index is 0.357. The molecule has 0 saturated heterocycles. The second kappa shape index (κ2) is 9.08. The fourth-order valence-corrected chi connectivity index (χ4v) is 2.13. The second-order valence-electron chi connectivity index (χ2n) is 4.87. The van der Waals surface area contributed by atoms with Crippen molar-refractivity contribution in [3.8, 4) is 11.5 Å². The third-order valence-corrected chi connectivity index (χ3v) is 3.27. The average molecular weight is 334 g/mol. The van der Waals surface area contributed by atoms with E-state index in [2.05, 4.69) is 10.3 Å². The van der Waals surface area contributed by atoms with Crippen molar-refractivity contribution in [1.82, 2.24) is 4.98 Å². The monoisotopic (exact) mass is 334 g/mol. The Labute approximate surface area is 148 Å². The molecule has 5 nitrogen and oxygen atoms in total. The van der Waals surface area contributed by atoms with Crippen LogP contribution in [0.15, 0.2) is 66.9 Å². The van der Waals surface area contributed by atoms with Gasteiger partial charge >= 0.3 is 0 Å². The van der Waals surface area contributed by atoms with Crippen LogP contribution in [-0.4, -0.2) is 11.2 Å². The van der Waals surface area contributed by atoms with E-state index in [0.717, 1.165) is 17.2 Å². The fraction of sp³-hybridized carbons (Fsp3) is 0.100. The Kier molecular flexibility index (Phi) is 6.54. The Bertz CT molecular complexity index is 802. The molecule has 0 aliphatic carbocycles. The van der Waals surface area contributed by atoms with Crippen LogP contribution in [0.4, 0.5) is 17.2 Å². The average Bonchev–Trinajstić information content (AvgIpc) is 2.67. The third kappa shape index (κ3) is 4.81. The molecule has 1 aromatic heterocycles. The number of nitrogens with zero attached hydrogens (tertiary/aromatic N) is 1. The largest absolute Gasteiger partial charge is 0.457 e. The molecule has 3 rings (SSSR count). The van der Waals surface area contributed by atoms with E-state index in [1.807, 2.05) is 68.4 Å². The molecule has 0 amide bonds. The van der Waals surface area contributed by atoms with E-state index < -0.39 is 0 Å². The van der Waals surface area contributed by atoms with E-state index in [1.165, 1.54) is 6.21 Å². The maximum Gasteiger partial charge on any atom is 0.147 e. The number of nitrogens with two attached hydrogens (primary N) is 1. The second-order valence-corrected chi connectivity index (χ2v) is 4.87. The smallest absolute Gasteiger partial charge is 0.147 e. The Balaban J connectivity index is 0.00000109. The SMILES string of the molecule is CC.N=Cc1ccnc(N)c1Nc1ccc(Oc2ccccc2)cc1. The first-order valence-corrected chi connectivity index (χ1v) is 8.11. The summed E-state index contributed by atoms with van der Waals surface area (Å²) in [6.07, 6.45) is 2.82. The molecule has 5 heteroatoms. The van der Waals surface area contributed by atoms with Crippen LogP contribution >= 0.6 is 0 Å². The van der Waals surface area contributed by atoms with E-state index in [9.17, 15) is 0 Å². The fourth-order valence-electron chi connectivity index (χ4n) is 2.13. The Hall–Kier alpha value is -3.34. The number of nitrogen functional groups attached to an aromatic ring is 1. The highest BCUT2D eigenvalue weighted by Gasteiger charge is 2.06. The lowest BCUT2D eigenvalue weighted by Crippen LogP contribution is -2.02. The van der Waals surface area contributed by atoms with Crippen LogP contribution in [0, 0.1) is 5.41 Å². The zero-order valence-electron chi connectivity index (χ0n) is 14.4. The first kappa shape index (κ1) is 18.0. The van der Waals surface area contributed by atoms with Crippen LogP contribution in [-0.2, 0) is 0 Å². The summed E-state index contributed by atoms with van der Waals surface area (Å²) in [6.45, 7) is 4.00. The van der Waals surface area contributed by atoms with E-state index in [4.69, 9.17) is 15.9 Å². The van der Waals surface area contributed by atoms with Gasteiger partial charge in [0, 0.05) is 23.7 Å². The molecular weight excluding hydrogens is 312 g/mol. The zero-order chi connectivity index (χ0) is 18.1. The van der Waals surface area contributed by atoms with Gasteiger partial charge < -0.3 is 21.2 Å². The molecule has 0 saturated carbocycles. The van der Waals surface area contributed by atoms with E-state index in [-0.39, 0.29) is 0 Å². The lowest BCUT2D eigenvalue weighted by atomic mass is 10.2. The lowest BCUT2D eigenvalue weighted by molar-refractivity contribution is 0.483. The molecule has 1 heterocycles. The van der Waals surface area contributed by atoms with Crippen molar-refractivity contribution in [3.63, 3.8) is 0 Å². The standard InChI is InChI=1S/C18H16N4O.C2H6/c19-12-13-10-11-21-18(20)17(13)22-14-6-8-16(9-7-14)23-15-4-2-1-3-5-15;1-2/h1-12,19,22H,(H2,20,21);1-2H3. The molecule has 0 fully saturated rings. The summed E-state index contributed by atoms with van der Waals surface area (Å²) in [7, 11) is 0. The summed E-state index contributed by atoms with van der Waals surface area (Å²) >= 11 is 0. The Morgan fingerprint density at radius 1 is 0.960 bits per heavy atom. The van der Waals surface area contributed by atoms with Crippen molar-refractivity contribution in [2.45, 2.75) is 13.8 Å². The van der Waals surface area contributed by atoms with Crippen LogP contribution in [0.5, 0.6) is 11.5 Å². The van der Waals surface area contributed by atoms with Crippen molar-refractivity contribution < 1.29 is 4.74 Å². The number of benzene rings is 2. The van der Waals surface area contributed by atoms with Crippen LogP contribution in [0.1, 0.15) is 19.4 Å². The number of rotatable bonds is 5. The van der Waals surface area contributed by atoms with Crippen LogP contribution in [0.3, 0.4) is 0 Å². The third-order valence-electron chi connectivity index (χ3n) is 3.27. The first-order valence-electron chi connectivity index (χ1n) is 8.11.